The van der Waals surface area contributed by atoms with Crippen molar-refractivity contribution in [1.82, 2.24) is 9.97 Å². The summed E-state index contributed by atoms with van der Waals surface area (Å²) in [6.07, 6.45) is 5.50. The van der Waals surface area contributed by atoms with Gasteiger partial charge in [0.1, 0.15) is 5.52 Å². The Kier molecular flexibility index (Phi) is 3.68. The number of amides is 1. The molecule has 5 nitrogen and oxygen atoms in total. The molecule has 144 valence electrons. The fourth-order valence-corrected chi connectivity index (χ4v) is 4.26. The van der Waals surface area contributed by atoms with Crippen molar-refractivity contribution in [2.45, 2.75) is 12.8 Å². The Labute approximate surface area is 172 Å². The van der Waals surface area contributed by atoms with Gasteiger partial charge in [-0.3, -0.25) is 9.78 Å². The van der Waals surface area contributed by atoms with E-state index in [1.807, 2.05) is 48.5 Å². The molecule has 1 amide bonds. The van der Waals surface area contributed by atoms with Crippen molar-refractivity contribution in [2.24, 2.45) is 0 Å². The van der Waals surface area contributed by atoms with Gasteiger partial charge in [-0.1, -0.05) is 24.3 Å². The normalized spacial score (nSPS) is 12.5. The molecule has 0 saturated carbocycles. The van der Waals surface area contributed by atoms with Gasteiger partial charge in [-0.2, -0.15) is 0 Å². The van der Waals surface area contributed by atoms with Crippen LogP contribution in [0.2, 0.25) is 0 Å². The van der Waals surface area contributed by atoms with Crippen LogP contribution in [0.4, 0.5) is 5.69 Å². The van der Waals surface area contributed by atoms with E-state index in [1.54, 1.807) is 12.4 Å². The summed E-state index contributed by atoms with van der Waals surface area (Å²) < 4.78 is 5.83. The van der Waals surface area contributed by atoms with Gasteiger partial charge < -0.3 is 9.73 Å². The fourth-order valence-electron chi connectivity index (χ4n) is 4.26. The molecule has 0 unspecified atom stereocenters. The number of benzene rings is 3. The molecule has 5 aromatic rings. The SMILES string of the molecule is O=C(Nc1ccc2oc(-c3cccnc3)nc2c1)c1ccc2c3c(cccc13)CC2. The molecule has 0 aliphatic heterocycles. The summed E-state index contributed by atoms with van der Waals surface area (Å²) >= 11 is 0. The summed E-state index contributed by atoms with van der Waals surface area (Å²) in [6.45, 7) is 0. The van der Waals surface area contributed by atoms with Crippen molar-refractivity contribution < 1.29 is 9.21 Å². The van der Waals surface area contributed by atoms with Gasteiger partial charge in [0, 0.05) is 23.6 Å². The number of fused-ring (bicyclic) bond motifs is 1. The quantitative estimate of drug-likeness (QED) is 0.447. The molecular formula is C25H17N3O2. The zero-order valence-electron chi connectivity index (χ0n) is 16.1. The van der Waals surface area contributed by atoms with Gasteiger partial charge in [0.15, 0.2) is 5.58 Å². The number of rotatable bonds is 3. The number of hydrogen-bond acceptors (Lipinski definition) is 4. The second kappa shape index (κ2) is 6.52. The van der Waals surface area contributed by atoms with Crippen molar-refractivity contribution in [3.05, 3.63) is 89.7 Å². The maximum atomic E-state index is 13.1. The number of carbonyl (C=O) groups is 1. The first-order chi connectivity index (χ1) is 14.8. The molecule has 2 heterocycles. The predicted molar refractivity (Wildman–Crippen MR) is 117 cm³/mol. The molecule has 6 rings (SSSR count). The Morgan fingerprint density at radius 3 is 2.73 bits per heavy atom. The van der Waals surface area contributed by atoms with E-state index < -0.39 is 0 Å². The zero-order valence-corrected chi connectivity index (χ0v) is 16.1. The fraction of sp³-hybridized carbons (Fsp3) is 0.0800. The maximum Gasteiger partial charge on any atom is 0.256 e. The molecule has 30 heavy (non-hydrogen) atoms. The lowest BCUT2D eigenvalue weighted by Gasteiger charge is -2.10. The molecular weight excluding hydrogens is 374 g/mol. The molecule has 5 heteroatoms. The van der Waals surface area contributed by atoms with E-state index in [9.17, 15) is 4.79 Å². The number of aryl methyl sites for hydroxylation is 2. The molecule has 1 N–H and O–H groups in total. The lowest BCUT2D eigenvalue weighted by Crippen LogP contribution is -2.12. The van der Waals surface area contributed by atoms with Crippen LogP contribution in [-0.4, -0.2) is 15.9 Å². The minimum Gasteiger partial charge on any atom is -0.436 e. The number of aromatic nitrogens is 2. The van der Waals surface area contributed by atoms with Gasteiger partial charge in [0.2, 0.25) is 5.89 Å². The van der Waals surface area contributed by atoms with Gasteiger partial charge in [-0.05, 0) is 71.1 Å². The van der Waals surface area contributed by atoms with E-state index in [0.717, 1.165) is 23.8 Å². The van der Waals surface area contributed by atoms with Crippen LogP contribution < -0.4 is 5.32 Å². The summed E-state index contributed by atoms with van der Waals surface area (Å²) in [5.41, 5.74) is 6.18. The van der Waals surface area contributed by atoms with E-state index in [-0.39, 0.29) is 5.91 Å². The summed E-state index contributed by atoms with van der Waals surface area (Å²) in [7, 11) is 0. The highest BCUT2D eigenvalue weighted by Gasteiger charge is 2.19. The number of oxazole rings is 1. The Hall–Kier alpha value is -3.99. The summed E-state index contributed by atoms with van der Waals surface area (Å²) in [6, 6.07) is 19.4. The minimum absolute atomic E-state index is 0.124. The number of pyridine rings is 1. The molecule has 0 saturated heterocycles. The molecule has 1 aliphatic carbocycles. The second-order valence-electron chi connectivity index (χ2n) is 7.51. The van der Waals surface area contributed by atoms with Gasteiger partial charge in [0.05, 0.1) is 5.56 Å². The van der Waals surface area contributed by atoms with Crippen molar-refractivity contribution in [2.75, 3.05) is 5.32 Å². The van der Waals surface area contributed by atoms with E-state index in [0.29, 0.717) is 28.2 Å². The molecule has 1 aliphatic rings. The lowest BCUT2D eigenvalue weighted by molar-refractivity contribution is 0.102. The molecule has 0 radical (unpaired) electrons. The Morgan fingerprint density at radius 2 is 1.87 bits per heavy atom. The number of nitrogens with one attached hydrogen (secondary N) is 1. The van der Waals surface area contributed by atoms with Crippen LogP contribution in [0.3, 0.4) is 0 Å². The second-order valence-corrected chi connectivity index (χ2v) is 7.51. The highest BCUT2D eigenvalue weighted by atomic mass is 16.3. The van der Waals surface area contributed by atoms with Crippen LogP contribution in [-0.2, 0) is 12.8 Å². The van der Waals surface area contributed by atoms with E-state index >= 15 is 0 Å². The largest absolute Gasteiger partial charge is 0.436 e. The van der Waals surface area contributed by atoms with E-state index in [4.69, 9.17) is 4.42 Å². The third-order valence-corrected chi connectivity index (χ3v) is 5.68. The Balaban J connectivity index is 1.34. The van der Waals surface area contributed by atoms with Crippen LogP contribution in [0, 0.1) is 0 Å². The monoisotopic (exact) mass is 391 g/mol. The summed E-state index contributed by atoms with van der Waals surface area (Å²) in [4.78, 5) is 21.7. The van der Waals surface area contributed by atoms with Crippen molar-refractivity contribution in [3.63, 3.8) is 0 Å². The lowest BCUT2D eigenvalue weighted by atomic mass is 9.99. The first-order valence-electron chi connectivity index (χ1n) is 9.92. The van der Waals surface area contributed by atoms with Crippen LogP contribution in [0.25, 0.3) is 33.3 Å². The molecule has 0 bridgehead atoms. The number of anilines is 1. The third-order valence-electron chi connectivity index (χ3n) is 5.68. The zero-order chi connectivity index (χ0) is 20.1. The molecule has 3 aromatic carbocycles. The van der Waals surface area contributed by atoms with Crippen molar-refractivity contribution in [3.8, 4) is 11.5 Å². The predicted octanol–water partition coefficient (Wildman–Crippen LogP) is 5.39. The van der Waals surface area contributed by atoms with Crippen molar-refractivity contribution >= 4 is 33.5 Å². The van der Waals surface area contributed by atoms with Crippen LogP contribution in [0.5, 0.6) is 0 Å². The summed E-state index contributed by atoms with van der Waals surface area (Å²) in [5, 5.41) is 5.27. The first-order valence-corrected chi connectivity index (χ1v) is 9.92. The molecule has 0 fully saturated rings. The smallest absolute Gasteiger partial charge is 0.256 e. The summed E-state index contributed by atoms with van der Waals surface area (Å²) in [5.74, 6) is 0.384. The standard InChI is InChI=1S/C25H17N3O2/c29-24(20-10-8-16-7-6-15-3-1-5-19(20)23(15)16)27-18-9-11-22-21(13-18)28-25(30-22)17-4-2-12-26-14-17/h1-5,8-14H,6-7H2,(H,27,29). The van der Waals surface area contributed by atoms with Gasteiger partial charge in [-0.15, -0.1) is 0 Å². The Bertz CT molecular complexity index is 1430. The number of carbonyl (C=O) groups excluding carboxylic acids is 1. The molecule has 2 aromatic heterocycles. The maximum absolute atomic E-state index is 13.1. The molecule has 0 atom stereocenters. The van der Waals surface area contributed by atoms with Crippen molar-refractivity contribution in [1.29, 1.82) is 0 Å². The first kappa shape index (κ1) is 16.9. The topological polar surface area (TPSA) is 68.0 Å². The highest BCUT2D eigenvalue weighted by molar-refractivity contribution is 6.14. The van der Waals surface area contributed by atoms with Gasteiger partial charge in [0.25, 0.3) is 5.91 Å². The van der Waals surface area contributed by atoms with Gasteiger partial charge in [-0.25, -0.2) is 4.98 Å². The number of nitrogens with zero attached hydrogens (tertiary/aromatic N) is 2. The van der Waals surface area contributed by atoms with E-state index in [2.05, 4.69) is 27.4 Å². The number of hydrogen-bond donors (Lipinski definition) is 1. The average molecular weight is 391 g/mol. The Morgan fingerprint density at radius 1 is 0.967 bits per heavy atom. The third kappa shape index (κ3) is 2.67. The van der Waals surface area contributed by atoms with Gasteiger partial charge >= 0.3 is 0 Å². The van der Waals surface area contributed by atoms with Crippen LogP contribution in [0.1, 0.15) is 21.5 Å². The molecule has 0 spiro atoms. The van der Waals surface area contributed by atoms with Crippen LogP contribution in [0.15, 0.2) is 77.5 Å². The minimum atomic E-state index is -0.124. The average Bonchev–Trinajstić information content (AvgIpc) is 3.40. The highest BCUT2D eigenvalue weighted by Crippen LogP contribution is 2.33. The van der Waals surface area contributed by atoms with Crippen LogP contribution >= 0.6 is 0 Å². The van der Waals surface area contributed by atoms with E-state index in [1.165, 1.54) is 16.5 Å².